The van der Waals surface area contributed by atoms with Crippen molar-refractivity contribution in [1.82, 2.24) is 5.32 Å². The van der Waals surface area contributed by atoms with Gasteiger partial charge in [-0.05, 0) is 35.8 Å². The first kappa shape index (κ1) is 18.9. The number of benzene rings is 1. The zero-order chi connectivity index (χ0) is 17.4. The van der Waals surface area contributed by atoms with E-state index >= 15 is 0 Å². The summed E-state index contributed by atoms with van der Waals surface area (Å²) in [5, 5.41) is 2.95. The quantitative estimate of drug-likeness (QED) is 0.743. The number of ether oxygens (including phenoxy) is 2. The molecule has 0 aliphatic carbocycles. The van der Waals surface area contributed by atoms with Crippen molar-refractivity contribution in [3.63, 3.8) is 0 Å². The molecule has 4 nitrogen and oxygen atoms in total. The first-order valence-electron chi connectivity index (χ1n) is 9.00. The number of rotatable bonds is 8. The predicted molar refractivity (Wildman–Crippen MR) is 96.3 cm³/mol. The second kappa shape index (κ2) is 9.19. The minimum absolute atomic E-state index is 0.0497. The van der Waals surface area contributed by atoms with Crippen molar-refractivity contribution in [3.8, 4) is 0 Å². The molecule has 1 heterocycles. The highest BCUT2D eigenvalue weighted by atomic mass is 16.5. The standard InChI is InChI=1S/C20H31NO3/c1-20(2,3)17-8-6-16(7-9-17)10-12-21-19(22)11-14-23-15-18-5-4-13-24-18/h6-9,18H,4-5,10-15H2,1-3H3,(H,21,22). The van der Waals surface area contributed by atoms with Gasteiger partial charge in [0.05, 0.1) is 19.3 Å². The van der Waals surface area contributed by atoms with Gasteiger partial charge in [0.1, 0.15) is 0 Å². The third kappa shape index (κ3) is 6.62. The van der Waals surface area contributed by atoms with Crippen LogP contribution in [0.4, 0.5) is 0 Å². The molecule has 1 aromatic rings. The van der Waals surface area contributed by atoms with Crippen LogP contribution in [0.1, 0.15) is 51.2 Å². The van der Waals surface area contributed by atoms with E-state index in [0.717, 1.165) is 25.9 Å². The minimum Gasteiger partial charge on any atom is -0.378 e. The Kier molecular flexibility index (Phi) is 7.25. The summed E-state index contributed by atoms with van der Waals surface area (Å²) in [4.78, 5) is 11.8. The van der Waals surface area contributed by atoms with Gasteiger partial charge in [0, 0.05) is 19.6 Å². The highest BCUT2D eigenvalue weighted by Crippen LogP contribution is 2.22. The monoisotopic (exact) mass is 333 g/mol. The van der Waals surface area contributed by atoms with Crippen LogP contribution in [0.5, 0.6) is 0 Å². The number of carbonyl (C=O) groups is 1. The van der Waals surface area contributed by atoms with E-state index in [2.05, 4.69) is 50.4 Å². The van der Waals surface area contributed by atoms with E-state index in [1.165, 1.54) is 11.1 Å². The van der Waals surface area contributed by atoms with Crippen LogP contribution >= 0.6 is 0 Å². The van der Waals surface area contributed by atoms with E-state index in [1.54, 1.807) is 0 Å². The number of amides is 1. The van der Waals surface area contributed by atoms with Gasteiger partial charge in [-0.15, -0.1) is 0 Å². The van der Waals surface area contributed by atoms with Crippen molar-refractivity contribution in [1.29, 1.82) is 0 Å². The summed E-state index contributed by atoms with van der Waals surface area (Å²) in [5.41, 5.74) is 2.76. The Morgan fingerprint density at radius 3 is 2.67 bits per heavy atom. The highest BCUT2D eigenvalue weighted by Gasteiger charge is 2.15. The van der Waals surface area contributed by atoms with E-state index in [-0.39, 0.29) is 17.4 Å². The molecule has 1 N–H and O–H groups in total. The largest absolute Gasteiger partial charge is 0.378 e. The molecule has 1 atom stereocenters. The fourth-order valence-corrected chi connectivity index (χ4v) is 2.76. The molecule has 1 amide bonds. The molecule has 134 valence electrons. The highest BCUT2D eigenvalue weighted by molar-refractivity contribution is 5.75. The molecule has 0 aromatic heterocycles. The average molecular weight is 333 g/mol. The first-order valence-corrected chi connectivity index (χ1v) is 9.00. The van der Waals surface area contributed by atoms with E-state index in [9.17, 15) is 4.79 Å². The fraction of sp³-hybridized carbons (Fsp3) is 0.650. The molecular formula is C20H31NO3. The van der Waals surface area contributed by atoms with Gasteiger partial charge in [-0.25, -0.2) is 0 Å². The Labute approximate surface area is 145 Å². The molecule has 1 aliphatic heterocycles. The second-order valence-electron chi connectivity index (χ2n) is 7.51. The summed E-state index contributed by atoms with van der Waals surface area (Å²) >= 11 is 0. The topological polar surface area (TPSA) is 47.6 Å². The lowest BCUT2D eigenvalue weighted by Gasteiger charge is -2.19. The maximum absolute atomic E-state index is 11.8. The zero-order valence-electron chi connectivity index (χ0n) is 15.3. The molecule has 0 saturated carbocycles. The van der Waals surface area contributed by atoms with E-state index in [4.69, 9.17) is 9.47 Å². The normalized spacial score (nSPS) is 17.9. The second-order valence-corrected chi connectivity index (χ2v) is 7.51. The van der Waals surface area contributed by atoms with Crippen LogP contribution in [0, 0.1) is 0 Å². The Hall–Kier alpha value is -1.39. The number of nitrogens with one attached hydrogen (secondary N) is 1. The van der Waals surface area contributed by atoms with Crippen molar-refractivity contribution >= 4 is 5.91 Å². The lowest BCUT2D eigenvalue weighted by molar-refractivity contribution is -0.122. The van der Waals surface area contributed by atoms with Crippen molar-refractivity contribution in [2.45, 2.75) is 58.0 Å². The molecule has 1 aliphatic rings. The molecule has 0 radical (unpaired) electrons. The van der Waals surface area contributed by atoms with Crippen LogP contribution in [-0.4, -0.2) is 38.4 Å². The van der Waals surface area contributed by atoms with Crippen LogP contribution in [0.25, 0.3) is 0 Å². The Morgan fingerprint density at radius 1 is 1.29 bits per heavy atom. The van der Waals surface area contributed by atoms with E-state index in [0.29, 0.717) is 26.2 Å². The maximum Gasteiger partial charge on any atom is 0.222 e. The summed E-state index contributed by atoms with van der Waals surface area (Å²) in [6.45, 7) is 9.21. The Morgan fingerprint density at radius 2 is 2.04 bits per heavy atom. The van der Waals surface area contributed by atoms with E-state index < -0.39 is 0 Å². The number of hydrogen-bond acceptors (Lipinski definition) is 3. The summed E-state index contributed by atoms with van der Waals surface area (Å²) in [7, 11) is 0. The van der Waals surface area contributed by atoms with Crippen molar-refractivity contribution in [3.05, 3.63) is 35.4 Å². The van der Waals surface area contributed by atoms with Crippen molar-refractivity contribution in [2.75, 3.05) is 26.4 Å². The summed E-state index contributed by atoms with van der Waals surface area (Å²) in [5.74, 6) is 0.0497. The molecular weight excluding hydrogens is 302 g/mol. The van der Waals surface area contributed by atoms with Gasteiger partial charge in [-0.3, -0.25) is 4.79 Å². The molecule has 1 fully saturated rings. The smallest absolute Gasteiger partial charge is 0.222 e. The van der Waals surface area contributed by atoms with Crippen molar-refractivity contribution in [2.24, 2.45) is 0 Å². The zero-order valence-corrected chi connectivity index (χ0v) is 15.3. The van der Waals surface area contributed by atoms with Gasteiger partial charge in [0.2, 0.25) is 5.91 Å². The number of carbonyl (C=O) groups excluding carboxylic acids is 1. The van der Waals surface area contributed by atoms with Crippen LogP contribution in [0.3, 0.4) is 0 Å². The molecule has 0 bridgehead atoms. The lowest BCUT2D eigenvalue weighted by Crippen LogP contribution is -2.27. The van der Waals surface area contributed by atoms with Crippen LogP contribution in [0.2, 0.25) is 0 Å². The molecule has 2 rings (SSSR count). The van der Waals surface area contributed by atoms with Gasteiger partial charge < -0.3 is 14.8 Å². The predicted octanol–water partition coefficient (Wildman–Crippen LogP) is 3.23. The Bertz CT molecular complexity index is 499. The van der Waals surface area contributed by atoms with Crippen molar-refractivity contribution < 1.29 is 14.3 Å². The third-order valence-electron chi connectivity index (χ3n) is 4.36. The van der Waals surface area contributed by atoms with Gasteiger partial charge in [0.15, 0.2) is 0 Å². The summed E-state index contributed by atoms with van der Waals surface area (Å²) in [6.07, 6.45) is 3.68. The van der Waals surface area contributed by atoms with E-state index in [1.807, 2.05) is 0 Å². The van der Waals surface area contributed by atoms with Gasteiger partial charge in [-0.1, -0.05) is 45.0 Å². The third-order valence-corrected chi connectivity index (χ3v) is 4.36. The molecule has 1 saturated heterocycles. The lowest BCUT2D eigenvalue weighted by atomic mass is 9.86. The minimum atomic E-state index is 0.0497. The molecule has 1 unspecified atom stereocenters. The fourth-order valence-electron chi connectivity index (χ4n) is 2.76. The van der Waals surface area contributed by atoms with Gasteiger partial charge in [0.25, 0.3) is 0 Å². The SMILES string of the molecule is CC(C)(C)c1ccc(CCNC(=O)CCOCC2CCCO2)cc1. The van der Waals surface area contributed by atoms with Gasteiger partial charge >= 0.3 is 0 Å². The summed E-state index contributed by atoms with van der Waals surface area (Å²) < 4.78 is 11.0. The molecule has 24 heavy (non-hydrogen) atoms. The molecule has 1 aromatic carbocycles. The van der Waals surface area contributed by atoms with Crippen LogP contribution < -0.4 is 5.32 Å². The van der Waals surface area contributed by atoms with Crippen LogP contribution in [-0.2, 0) is 26.1 Å². The molecule has 0 spiro atoms. The number of hydrogen-bond donors (Lipinski definition) is 1. The first-order chi connectivity index (χ1) is 11.4. The molecule has 4 heteroatoms. The average Bonchev–Trinajstić information content (AvgIpc) is 3.04. The van der Waals surface area contributed by atoms with Crippen LogP contribution in [0.15, 0.2) is 24.3 Å². The summed E-state index contributed by atoms with van der Waals surface area (Å²) in [6, 6.07) is 8.65. The van der Waals surface area contributed by atoms with Gasteiger partial charge in [-0.2, -0.15) is 0 Å². The Balaban J connectivity index is 1.56. The maximum atomic E-state index is 11.8.